The van der Waals surface area contributed by atoms with Gasteiger partial charge in [-0.3, -0.25) is 9.97 Å². The summed E-state index contributed by atoms with van der Waals surface area (Å²) in [6.45, 7) is 14.9. The van der Waals surface area contributed by atoms with Gasteiger partial charge in [0.25, 0.3) is 0 Å². The van der Waals surface area contributed by atoms with E-state index in [9.17, 15) is 9.59 Å². The van der Waals surface area contributed by atoms with Gasteiger partial charge in [-0.2, -0.15) is 0 Å². The number of pyridine rings is 2. The minimum Gasteiger partial charge on any atom is -0.444 e. The highest BCUT2D eigenvalue weighted by Gasteiger charge is 2.24. The van der Waals surface area contributed by atoms with Crippen molar-refractivity contribution in [2.75, 3.05) is 31.1 Å². The number of carbonyl (C=O) groups excluding carboxylic acids is 2. The number of nitrogens with one attached hydrogen (secondary N) is 3. The third-order valence-corrected chi connectivity index (χ3v) is 6.27. The van der Waals surface area contributed by atoms with E-state index in [2.05, 4.69) is 46.7 Å². The zero-order valence-corrected chi connectivity index (χ0v) is 26.9. The molecule has 0 radical (unpaired) electrons. The second kappa shape index (κ2) is 17.1. The quantitative estimate of drug-likeness (QED) is 0.395. The lowest BCUT2D eigenvalue weighted by atomic mass is 10.1. The Morgan fingerprint density at radius 1 is 0.902 bits per heavy atom. The van der Waals surface area contributed by atoms with Crippen LogP contribution in [-0.2, 0) is 9.47 Å². The van der Waals surface area contributed by atoms with Crippen molar-refractivity contribution in [1.82, 2.24) is 25.9 Å². The molecule has 2 aromatic rings. The number of nitrogens with zero attached hydrogens (tertiary/aromatic N) is 3. The first kappa shape index (κ1) is 34.3. The molecule has 3 N–H and O–H groups in total. The van der Waals surface area contributed by atoms with Crippen molar-refractivity contribution >= 4 is 33.8 Å². The molecule has 2 saturated heterocycles. The summed E-state index contributed by atoms with van der Waals surface area (Å²) >= 11 is 3.25. The first-order valence-electron chi connectivity index (χ1n) is 14.2. The number of rotatable bonds is 3. The SMILES string of the molecule is Brc1cccnc1.CC(C)(C)OC(=O)NC1CCCN(c2cccnc2)C1.CC(C)(C)OC(=O)NC1CCCNC1. The molecule has 2 atom stereocenters. The predicted octanol–water partition coefficient (Wildman–Crippen LogP) is 5.68. The summed E-state index contributed by atoms with van der Waals surface area (Å²) in [7, 11) is 0. The number of ether oxygens (including phenoxy) is 2. The number of halogens is 1. The molecule has 4 heterocycles. The highest BCUT2D eigenvalue weighted by Crippen LogP contribution is 2.19. The molecule has 0 aliphatic carbocycles. The summed E-state index contributed by atoms with van der Waals surface area (Å²) in [6, 6.07) is 8.14. The minimum absolute atomic E-state index is 0.124. The molecule has 2 fully saturated rings. The van der Waals surface area contributed by atoms with Gasteiger partial charge < -0.3 is 30.3 Å². The Bertz CT molecular complexity index is 1020. The van der Waals surface area contributed by atoms with Crippen LogP contribution in [-0.4, -0.2) is 71.6 Å². The molecule has 2 aliphatic rings. The van der Waals surface area contributed by atoms with Crippen molar-refractivity contribution in [2.45, 2.75) is 90.5 Å². The number of piperidine rings is 2. The van der Waals surface area contributed by atoms with Gasteiger partial charge >= 0.3 is 12.2 Å². The van der Waals surface area contributed by atoms with E-state index in [4.69, 9.17) is 9.47 Å². The largest absolute Gasteiger partial charge is 0.444 e. The molecule has 0 aromatic carbocycles. The molecule has 0 spiro atoms. The number of alkyl carbamates (subject to hydrolysis) is 2. The Labute approximate surface area is 253 Å². The number of hydrogen-bond acceptors (Lipinski definition) is 8. The molecular formula is C30H47BrN6O4. The number of anilines is 1. The van der Waals surface area contributed by atoms with Gasteiger partial charge in [-0.15, -0.1) is 0 Å². The van der Waals surface area contributed by atoms with Crippen molar-refractivity contribution in [3.8, 4) is 0 Å². The molecule has 11 heteroatoms. The van der Waals surface area contributed by atoms with E-state index in [1.54, 1.807) is 18.6 Å². The van der Waals surface area contributed by atoms with E-state index < -0.39 is 11.2 Å². The monoisotopic (exact) mass is 634 g/mol. The lowest BCUT2D eigenvalue weighted by Gasteiger charge is -2.34. The van der Waals surface area contributed by atoms with Gasteiger partial charge in [0.05, 0.1) is 11.9 Å². The average Bonchev–Trinajstić information content (AvgIpc) is 2.89. The van der Waals surface area contributed by atoms with Crippen LogP contribution in [0.1, 0.15) is 67.2 Å². The smallest absolute Gasteiger partial charge is 0.407 e. The van der Waals surface area contributed by atoms with Crippen LogP contribution in [0.25, 0.3) is 0 Å². The highest BCUT2D eigenvalue weighted by molar-refractivity contribution is 9.10. The molecule has 2 unspecified atom stereocenters. The van der Waals surface area contributed by atoms with E-state index >= 15 is 0 Å². The summed E-state index contributed by atoms with van der Waals surface area (Å²) in [4.78, 5) is 33.4. The maximum Gasteiger partial charge on any atom is 0.407 e. The Hall–Kier alpha value is -2.92. The molecule has 2 aliphatic heterocycles. The van der Waals surface area contributed by atoms with Crippen molar-refractivity contribution in [3.05, 3.63) is 53.5 Å². The number of aromatic nitrogens is 2. The third kappa shape index (κ3) is 16.2. The molecule has 4 rings (SSSR count). The molecule has 2 aromatic heterocycles. The van der Waals surface area contributed by atoms with E-state index in [1.807, 2.05) is 72.0 Å². The maximum absolute atomic E-state index is 11.8. The van der Waals surface area contributed by atoms with Gasteiger partial charge in [0.2, 0.25) is 0 Å². The summed E-state index contributed by atoms with van der Waals surface area (Å²) < 4.78 is 11.5. The summed E-state index contributed by atoms with van der Waals surface area (Å²) in [5.41, 5.74) is 0.233. The standard InChI is InChI=1S/C15H23N3O2.C10H20N2O2.C5H4BrN/c1-15(2,3)20-14(19)17-12-6-5-9-18(11-12)13-7-4-8-16-10-13;1-10(2,3)14-9(13)12-8-5-4-6-11-7-8;6-5-2-1-3-7-4-5/h4,7-8,10,12H,5-6,9,11H2,1-3H3,(H,17,19);8,11H,4-7H2,1-3H3,(H,12,13);1-4H. The van der Waals surface area contributed by atoms with Crippen LogP contribution in [0.5, 0.6) is 0 Å². The van der Waals surface area contributed by atoms with Crippen LogP contribution in [0.3, 0.4) is 0 Å². The predicted molar refractivity (Wildman–Crippen MR) is 166 cm³/mol. The Morgan fingerprint density at radius 2 is 1.49 bits per heavy atom. The van der Waals surface area contributed by atoms with Crippen molar-refractivity contribution in [3.63, 3.8) is 0 Å². The Morgan fingerprint density at radius 3 is 1.95 bits per heavy atom. The number of carbonyl (C=O) groups is 2. The van der Waals surface area contributed by atoms with E-state index in [0.717, 1.165) is 62.0 Å². The van der Waals surface area contributed by atoms with E-state index in [1.165, 1.54) is 0 Å². The van der Waals surface area contributed by atoms with Crippen LogP contribution in [0, 0.1) is 0 Å². The van der Waals surface area contributed by atoms with Crippen LogP contribution in [0.15, 0.2) is 53.5 Å². The van der Waals surface area contributed by atoms with Gasteiger partial charge in [0.1, 0.15) is 11.2 Å². The lowest BCUT2D eigenvalue weighted by molar-refractivity contribution is 0.0486. The first-order chi connectivity index (χ1) is 19.3. The molecule has 2 amide bonds. The van der Waals surface area contributed by atoms with Crippen LogP contribution < -0.4 is 20.9 Å². The summed E-state index contributed by atoms with van der Waals surface area (Å²) in [5.74, 6) is 0. The fourth-order valence-electron chi connectivity index (χ4n) is 4.14. The van der Waals surface area contributed by atoms with Gasteiger partial charge in [-0.1, -0.05) is 0 Å². The lowest BCUT2D eigenvalue weighted by Crippen LogP contribution is -2.49. The minimum atomic E-state index is -0.457. The van der Waals surface area contributed by atoms with Gasteiger partial charge in [0.15, 0.2) is 0 Å². The van der Waals surface area contributed by atoms with Crippen molar-refractivity contribution in [2.24, 2.45) is 0 Å². The van der Waals surface area contributed by atoms with Crippen LogP contribution in [0.2, 0.25) is 0 Å². The molecular weight excluding hydrogens is 588 g/mol. The van der Waals surface area contributed by atoms with Crippen LogP contribution in [0.4, 0.5) is 15.3 Å². The second-order valence-corrected chi connectivity index (χ2v) is 12.9. The fraction of sp³-hybridized carbons (Fsp3) is 0.600. The zero-order chi connectivity index (χ0) is 30.3. The second-order valence-electron chi connectivity index (χ2n) is 12.0. The summed E-state index contributed by atoms with van der Waals surface area (Å²) in [6.07, 6.45) is 10.6. The van der Waals surface area contributed by atoms with E-state index in [-0.39, 0.29) is 24.3 Å². The highest BCUT2D eigenvalue weighted by atomic mass is 79.9. The fourth-order valence-corrected chi connectivity index (χ4v) is 4.41. The summed E-state index contributed by atoms with van der Waals surface area (Å²) in [5, 5.41) is 9.04. The van der Waals surface area contributed by atoms with Crippen LogP contribution >= 0.6 is 15.9 Å². The van der Waals surface area contributed by atoms with Crippen molar-refractivity contribution < 1.29 is 19.1 Å². The number of hydrogen-bond donors (Lipinski definition) is 3. The van der Waals surface area contributed by atoms with Gasteiger partial charge in [-0.25, -0.2) is 9.59 Å². The first-order valence-corrected chi connectivity index (χ1v) is 15.0. The van der Waals surface area contributed by atoms with Gasteiger partial charge in [0, 0.05) is 54.8 Å². The third-order valence-electron chi connectivity index (χ3n) is 5.80. The molecule has 0 bridgehead atoms. The van der Waals surface area contributed by atoms with Crippen molar-refractivity contribution in [1.29, 1.82) is 0 Å². The number of amides is 2. The zero-order valence-electron chi connectivity index (χ0n) is 25.3. The topological polar surface area (TPSA) is 118 Å². The van der Waals surface area contributed by atoms with Gasteiger partial charge in [-0.05, 0) is 114 Å². The molecule has 0 saturated carbocycles. The normalized spacial score (nSPS) is 18.9. The van der Waals surface area contributed by atoms with E-state index in [0.29, 0.717) is 0 Å². The maximum atomic E-state index is 11.8. The average molecular weight is 636 g/mol. The molecule has 228 valence electrons. The Kier molecular flexibility index (Phi) is 14.3. The molecule has 41 heavy (non-hydrogen) atoms. The molecule has 10 nitrogen and oxygen atoms in total. The Balaban J connectivity index is 0.000000241.